The number of aromatic nitrogens is 2. The Bertz CT molecular complexity index is 375. The Hall–Kier alpha value is -1.16. The van der Waals surface area contributed by atoms with Crippen molar-refractivity contribution in [3.63, 3.8) is 0 Å². The molecule has 0 saturated heterocycles. The van der Waals surface area contributed by atoms with Crippen LogP contribution in [-0.2, 0) is 6.54 Å². The normalized spacial score (nSPS) is 21.2. The molecule has 86 valence electrons. The monoisotopic (exact) mass is 219 g/mol. The van der Waals surface area contributed by atoms with E-state index in [1.54, 1.807) is 0 Å². The van der Waals surface area contributed by atoms with Gasteiger partial charge in [-0.25, -0.2) is 4.98 Å². The van der Waals surface area contributed by atoms with Gasteiger partial charge in [-0.1, -0.05) is 12.8 Å². The van der Waals surface area contributed by atoms with Gasteiger partial charge in [0.1, 0.15) is 12.3 Å². The largest absolute Gasteiger partial charge is 0.475 e. The molecule has 0 bridgehead atoms. The number of ether oxygens (including phenoxy) is 1. The average Bonchev–Trinajstić information content (AvgIpc) is 2.74. The summed E-state index contributed by atoms with van der Waals surface area (Å²) in [5, 5.41) is 3.26. The van der Waals surface area contributed by atoms with Crippen LogP contribution in [0.2, 0.25) is 0 Å². The topological polar surface area (TPSA) is 47.0 Å². The van der Waals surface area contributed by atoms with Gasteiger partial charge in [0, 0.05) is 25.2 Å². The molecule has 1 aliphatic heterocycles. The van der Waals surface area contributed by atoms with Gasteiger partial charge in [0.05, 0.1) is 5.69 Å². The first-order valence-electron chi connectivity index (χ1n) is 6.13. The molecule has 1 aromatic rings. The molecule has 2 aliphatic rings. The zero-order chi connectivity index (χ0) is 10.8. The van der Waals surface area contributed by atoms with E-state index in [-0.39, 0.29) is 0 Å². The van der Waals surface area contributed by atoms with E-state index in [0.717, 1.165) is 30.4 Å². The van der Waals surface area contributed by atoms with E-state index in [4.69, 9.17) is 4.74 Å². The zero-order valence-corrected chi connectivity index (χ0v) is 9.41. The maximum Gasteiger partial charge on any atom is 0.237 e. The van der Waals surface area contributed by atoms with Crippen molar-refractivity contribution in [2.75, 3.05) is 13.2 Å². The van der Waals surface area contributed by atoms with Crippen LogP contribution in [0.4, 0.5) is 0 Å². The average molecular weight is 219 g/mol. The van der Waals surface area contributed by atoms with Crippen LogP contribution in [0.25, 0.3) is 0 Å². The molecule has 0 amide bonds. The minimum absolute atomic E-state index is 0.609. The summed E-state index contributed by atoms with van der Waals surface area (Å²) in [7, 11) is 0. The number of fused-ring (bicyclic) bond motifs is 1. The molecule has 2 heterocycles. The molecule has 4 heteroatoms. The second kappa shape index (κ2) is 4.37. The van der Waals surface area contributed by atoms with Crippen LogP contribution in [0.1, 0.15) is 43.0 Å². The van der Waals surface area contributed by atoms with Crippen molar-refractivity contribution in [2.45, 2.75) is 38.1 Å². The third-order valence-electron chi connectivity index (χ3n) is 3.41. The molecule has 3 rings (SSSR count). The highest BCUT2D eigenvalue weighted by Gasteiger charge is 2.21. The van der Waals surface area contributed by atoms with Gasteiger partial charge in [0.25, 0.3) is 0 Å². The minimum atomic E-state index is 0.609. The quantitative estimate of drug-likeness (QED) is 0.779. The van der Waals surface area contributed by atoms with Crippen LogP contribution in [0, 0.1) is 0 Å². The summed E-state index contributed by atoms with van der Waals surface area (Å²) in [6.07, 6.45) is 7.10. The van der Waals surface area contributed by atoms with Crippen LogP contribution in [-0.4, -0.2) is 23.1 Å². The van der Waals surface area contributed by atoms with Crippen molar-refractivity contribution in [3.8, 4) is 5.88 Å². The molecule has 16 heavy (non-hydrogen) atoms. The zero-order valence-electron chi connectivity index (χ0n) is 9.41. The first kappa shape index (κ1) is 10.0. The van der Waals surface area contributed by atoms with E-state index in [9.17, 15) is 0 Å². The summed E-state index contributed by atoms with van der Waals surface area (Å²) in [6.45, 7) is 2.33. The number of nitrogens with zero attached hydrogens (tertiary/aromatic N) is 2. The molecule has 0 unspecified atom stereocenters. The highest BCUT2D eigenvalue weighted by Crippen LogP contribution is 2.33. The molecule has 0 aromatic carbocycles. The van der Waals surface area contributed by atoms with Gasteiger partial charge in [-0.05, 0) is 12.8 Å². The van der Waals surface area contributed by atoms with E-state index in [0.29, 0.717) is 12.5 Å². The number of nitrogens with one attached hydrogen (secondary N) is 1. The molecule has 1 aromatic heterocycles. The van der Waals surface area contributed by atoms with E-state index >= 15 is 0 Å². The lowest BCUT2D eigenvalue weighted by Crippen LogP contribution is -2.16. The Kier molecular flexibility index (Phi) is 2.74. The Morgan fingerprint density at radius 1 is 1.31 bits per heavy atom. The van der Waals surface area contributed by atoms with Crippen molar-refractivity contribution >= 4 is 0 Å². The summed E-state index contributed by atoms with van der Waals surface area (Å²) in [5.41, 5.74) is 2.07. The van der Waals surface area contributed by atoms with Crippen molar-refractivity contribution in [2.24, 2.45) is 0 Å². The van der Waals surface area contributed by atoms with Crippen molar-refractivity contribution in [1.29, 1.82) is 0 Å². The van der Waals surface area contributed by atoms with E-state index in [2.05, 4.69) is 15.3 Å². The van der Waals surface area contributed by atoms with E-state index in [1.807, 2.05) is 6.20 Å². The van der Waals surface area contributed by atoms with Gasteiger partial charge in [0.15, 0.2) is 0 Å². The Morgan fingerprint density at radius 3 is 3.06 bits per heavy atom. The van der Waals surface area contributed by atoms with Gasteiger partial charge in [0.2, 0.25) is 5.88 Å². The predicted molar refractivity (Wildman–Crippen MR) is 60.4 cm³/mol. The smallest absolute Gasteiger partial charge is 0.237 e. The summed E-state index contributed by atoms with van der Waals surface area (Å²) >= 11 is 0. The fourth-order valence-electron chi connectivity index (χ4n) is 2.49. The lowest BCUT2D eigenvalue weighted by molar-refractivity contribution is 0.311. The van der Waals surface area contributed by atoms with E-state index in [1.165, 1.54) is 25.7 Å². The van der Waals surface area contributed by atoms with Crippen molar-refractivity contribution in [1.82, 2.24) is 15.3 Å². The summed E-state index contributed by atoms with van der Waals surface area (Å²) in [6, 6.07) is 0. The number of rotatable bonds is 1. The molecule has 4 nitrogen and oxygen atoms in total. The lowest BCUT2D eigenvalue weighted by Gasteiger charge is -2.11. The third-order valence-corrected chi connectivity index (χ3v) is 3.41. The Labute approximate surface area is 95.4 Å². The standard InChI is InChI=1S/C12H17N3O/c1-2-4-9(3-1)10-8-14-11-7-13-5-6-16-12(11)15-10/h8-9,13H,1-7H2. The molecule has 0 spiro atoms. The molecular weight excluding hydrogens is 202 g/mol. The molecular formula is C12H17N3O. The number of hydrogen-bond acceptors (Lipinski definition) is 4. The molecule has 1 saturated carbocycles. The van der Waals surface area contributed by atoms with Gasteiger partial charge >= 0.3 is 0 Å². The lowest BCUT2D eigenvalue weighted by atomic mass is 10.1. The summed E-state index contributed by atoms with van der Waals surface area (Å²) in [5.74, 6) is 1.35. The molecule has 1 fully saturated rings. The van der Waals surface area contributed by atoms with Crippen LogP contribution in [0.3, 0.4) is 0 Å². The molecule has 1 N–H and O–H groups in total. The van der Waals surface area contributed by atoms with Crippen molar-refractivity contribution < 1.29 is 4.74 Å². The highest BCUT2D eigenvalue weighted by molar-refractivity contribution is 5.23. The van der Waals surface area contributed by atoms with Crippen LogP contribution in [0.5, 0.6) is 5.88 Å². The minimum Gasteiger partial charge on any atom is -0.475 e. The molecule has 0 radical (unpaired) electrons. The van der Waals surface area contributed by atoms with Gasteiger partial charge in [-0.2, -0.15) is 0 Å². The highest BCUT2D eigenvalue weighted by atomic mass is 16.5. The fourth-order valence-corrected chi connectivity index (χ4v) is 2.49. The molecule has 1 aliphatic carbocycles. The second-order valence-electron chi connectivity index (χ2n) is 4.55. The maximum absolute atomic E-state index is 5.61. The van der Waals surface area contributed by atoms with E-state index < -0.39 is 0 Å². The van der Waals surface area contributed by atoms with Crippen LogP contribution >= 0.6 is 0 Å². The fraction of sp³-hybridized carbons (Fsp3) is 0.667. The van der Waals surface area contributed by atoms with Crippen LogP contribution < -0.4 is 10.1 Å². The predicted octanol–water partition coefficient (Wildman–Crippen LogP) is 1.62. The van der Waals surface area contributed by atoms with Crippen molar-refractivity contribution in [3.05, 3.63) is 17.6 Å². The summed E-state index contributed by atoms with van der Waals surface area (Å²) < 4.78 is 5.61. The van der Waals surface area contributed by atoms with Gasteiger partial charge in [-0.15, -0.1) is 0 Å². The Balaban J connectivity index is 1.88. The first-order chi connectivity index (χ1) is 7.93. The summed E-state index contributed by atoms with van der Waals surface area (Å²) in [4.78, 5) is 9.10. The maximum atomic E-state index is 5.61. The number of hydrogen-bond donors (Lipinski definition) is 1. The molecule has 0 atom stereocenters. The van der Waals surface area contributed by atoms with Crippen LogP contribution in [0.15, 0.2) is 6.20 Å². The van der Waals surface area contributed by atoms with Gasteiger partial charge in [-0.3, -0.25) is 4.98 Å². The van der Waals surface area contributed by atoms with Gasteiger partial charge < -0.3 is 10.1 Å². The Morgan fingerprint density at radius 2 is 2.19 bits per heavy atom. The second-order valence-corrected chi connectivity index (χ2v) is 4.55. The first-order valence-corrected chi connectivity index (χ1v) is 6.13. The third kappa shape index (κ3) is 1.89. The SMILES string of the molecule is c1nc2c(nc1C1CCCC1)OCCNC2.